The molecule has 2 nitrogen and oxygen atoms in total. The second kappa shape index (κ2) is 5.17. The number of amides is 1. The summed E-state index contributed by atoms with van der Waals surface area (Å²) in [5.74, 6) is -0.607. The molecule has 0 aromatic heterocycles. The molecular formula is C14H20F3NO. The van der Waals surface area contributed by atoms with Gasteiger partial charge in [0.1, 0.15) is 0 Å². The smallest absolute Gasteiger partial charge is 0.370 e. The monoisotopic (exact) mass is 275 g/mol. The number of hydrogen-bond acceptors (Lipinski definition) is 1. The molecule has 0 bridgehead atoms. The van der Waals surface area contributed by atoms with E-state index in [4.69, 9.17) is 5.73 Å². The molecule has 0 aromatic carbocycles. The molecule has 2 atom stereocenters. The number of hydrogen-bond donors (Lipinski definition) is 1. The standard InChI is InChI=1S/C14H20F3NO/c15-14(16,17)13(8-6-12(18)19)7-2-1-3-11(13)9-10-4-5-10/h2,7,10-11H,1,3-6,8-9H2,(H2,18,19). The highest BCUT2D eigenvalue weighted by Crippen LogP contribution is 2.55. The summed E-state index contributed by atoms with van der Waals surface area (Å²) < 4.78 is 40.7. The highest BCUT2D eigenvalue weighted by molar-refractivity contribution is 5.73. The summed E-state index contributed by atoms with van der Waals surface area (Å²) in [6.07, 6.45) is 2.17. The van der Waals surface area contributed by atoms with Crippen molar-refractivity contribution in [1.29, 1.82) is 0 Å². The van der Waals surface area contributed by atoms with Crippen molar-refractivity contribution in [3.8, 4) is 0 Å². The van der Waals surface area contributed by atoms with Crippen LogP contribution in [0.5, 0.6) is 0 Å². The fourth-order valence-corrected chi connectivity index (χ4v) is 3.15. The number of carbonyl (C=O) groups is 1. The average molecular weight is 275 g/mol. The zero-order valence-corrected chi connectivity index (χ0v) is 10.9. The van der Waals surface area contributed by atoms with Crippen molar-refractivity contribution in [3.05, 3.63) is 12.2 Å². The van der Waals surface area contributed by atoms with Gasteiger partial charge in [0.05, 0.1) is 5.41 Å². The third-order valence-corrected chi connectivity index (χ3v) is 4.45. The van der Waals surface area contributed by atoms with E-state index in [0.717, 1.165) is 12.8 Å². The zero-order chi connectivity index (χ0) is 14.1. The number of primary amides is 1. The summed E-state index contributed by atoms with van der Waals surface area (Å²) in [6, 6.07) is 0. The molecule has 2 unspecified atom stereocenters. The maximum absolute atomic E-state index is 13.6. The fraction of sp³-hybridized carbons (Fsp3) is 0.786. The average Bonchev–Trinajstić information content (AvgIpc) is 3.10. The number of halogens is 3. The van der Waals surface area contributed by atoms with Crippen LogP contribution in [-0.2, 0) is 4.79 Å². The molecule has 2 aliphatic carbocycles. The van der Waals surface area contributed by atoms with Crippen molar-refractivity contribution in [2.45, 2.75) is 51.1 Å². The lowest BCUT2D eigenvalue weighted by molar-refractivity contribution is -0.229. The summed E-state index contributed by atoms with van der Waals surface area (Å²) in [4.78, 5) is 10.9. The third kappa shape index (κ3) is 3.12. The van der Waals surface area contributed by atoms with Gasteiger partial charge in [-0.15, -0.1) is 0 Å². The van der Waals surface area contributed by atoms with Crippen LogP contribution in [0.15, 0.2) is 12.2 Å². The van der Waals surface area contributed by atoms with E-state index in [1.807, 2.05) is 0 Å². The molecule has 19 heavy (non-hydrogen) atoms. The molecule has 0 saturated heterocycles. The van der Waals surface area contributed by atoms with Gasteiger partial charge >= 0.3 is 6.18 Å². The van der Waals surface area contributed by atoms with Crippen molar-refractivity contribution >= 4 is 5.91 Å². The maximum Gasteiger partial charge on any atom is 0.398 e. The first-order chi connectivity index (χ1) is 8.85. The molecule has 0 aliphatic heterocycles. The van der Waals surface area contributed by atoms with E-state index in [-0.39, 0.29) is 12.8 Å². The summed E-state index contributed by atoms with van der Waals surface area (Å²) in [5, 5.41) is 0. The Kier molecular flexibility index (Phi) is 3.92. The molecule has 1 fully saturated rings. The van der Waals surface area contributed by atoms with Crippen LogP contribution in [-0.4, -0.2) is 12.1 Å². The zero-order valence-electron chi connectivity index (χ0n) is 10.9. The second-order valence-electron chi connectivity index (χ2n) is 5.86. The first kappa shape index (κ1) is 14.4. The van der Waals surface area contributed by atoms with E-state index >= 15 is 0 Å². The molecule has 1 saturated carbocycles. The van der Waals surface area contributed by atoms with E-state index in [9.17, 15) is 18.0 Å². The highest BCUT2D eigenvalue weighted by atomic mass is 19.4. The maximum atomic E-state index is 13.6. The van der Waals surface area contributed by atoms with Crippen LogP contribution in [0, 0.1) is 17.3 Å². The van der Waals surface area contributed by atoms with Crippen LogP contribution >= 0.6 is 0 Å². The van der Waals surface area contributed by atoms with Gasteiger partial charge in [-0.05, 0) is 37.5 Å². The molecule has 2 rings (SSSR count). The first-order valence-electron chi connectivity index (χ1n) is 6.88. The Labute approximate surface area is 111 Å². The Bertz CT molecular complexity index is 373. The van der Waals surface area contributed by atoms with Gasteiger partial charge in [-0.2, -0.15) is 13.2 Å². The molecule has 108 valence electrons. The molecule has 0 spiro atoms. The second-order valence-corrected chi connectivity index (χ2v) is 5.86. The van der Waals surface area contributed by atoms with Gasteiger partial charge < -0.3 is 5.73 Å². The predicted molar refractivity (Wildman–Crippen MR) is 66.1 cm³/mol. The van der Waals surface area contributed by atoms with Crippen molar-refractivity contribution in [3.63, 3.8) is 0 Å². The van der Waals surface area contributed by atoms with Gasteiger partial charge in [-0.1, -0.05) is 25.0 Å². The van der Waals surface area contributed by atoms with Crippen LogP contribution in [0.2, 0.25) is 0 Å². The van der Waals surface area contributed by atoms with Crippen molar-refractivity contribution in [2.75, 3.05) is 0 Å². The third-order valence-electron chi connectivity index (χ3n) is 4.45. The van der Waals surface area contributed by atoms with Gasteiger partial charge in [0.25, 0.3) is 0 Å². The Hall–Kier alpha value is -1.00. The Balaban J connectivity index is 2.22. The molecular weight excluding hydrogens is 255 g/mol. The molecule has 0 aromatic rings. The van der Waals surface area contributed by atoms with Crippen LogP contribution in [0.3, 0.4) is 0 Å². The van der Waals surface area contributed by atoms with Crippen LogP contribution in [0.4, 0.5) is 13.2 Å². The topological polar surface area (TPSA) is 43.1 Å². The summed E-state index contributed by atoms with van der Waals surface area (Å²) >= 11 is 0. The van der Waals surface area contributed by atoms with Gasteiger partial charge in [-0.3, -0.25) is 4.79 Å². The van der Waals surface area contributed by atoms with E-state index < -0.39 is 23.4 Å². The quantitative estimate of drug-likeness (QED) is 0.766. The van der Waals surface area contributed by atoms with E-state index in [0.29, 0.717) is 25.2 Å². The molecule has 1 amide bonds. The van der Waals surface area contributed by atoms with E-state index in [1.165, 1.54) is 6.08 Å². The molecule has 0 heterocycles. The molecule has 5 heteroatoms. The van der Waals surface area contributed by atoms with Crippen molar-refractivity contribution in [1.82, 2.24) is 0 Å². The lowest BCUT2D eigenvalue weighted by Crippen LogP contribution is -2.45. The largest absolute Gasteiger partial charge is 0.398 e. The normalized spacial score (nSPS) is 31.4. The van der Waals surface area contributed by atoms with Crippen molar-refractivity contribution in [2.24, 2.45) is 23.0 Å². The molecule has 2 N–H and O–H groups in total. The predicted octanol–water partition coefficient (Wildman–Crippen LogP) is 3.57. The van der Waals surface area contributed by atoms with Crippen LogP contribution < -0.4 is 5.73 Å². The summed E-state index contributed by atoms with van der Waals surface area (Å²) in [5.41, 5.74) is 3.20. The van der Waals surface area contributed by atoms with Gasteiger partial charge in [0.2, 0.25) is 5.91 Å². The Morgan fingerprint density at radius 2 is 2.00 bits per heavy atom. The fourth-order valence-electron chi connectivity index (χ4n) is 3.15. The number of alkyl halides is 3. The number of nitrogens with two attached hydrogens (primary N) is 1. The molecule has 2 aliphatic rings. The summed E-state index contributed by atoms with van der Waals surface area (Å²) in [7, 11) is 0. The lowest BCUT2D eigenvalue weighted by Gasteiger charge is -2.42. The number of carbonyl (C=O) groups excluding carboxylic acids is 1. The minimum Gasteiger partial charge on any atom is -0.370 e. The molecule has 0 radical (unpaired) electrons. The SMILES string of the molecule is NC(=O)CCC1(C(F)(F)F)C=CCCC1CC1CC1. The minimum atomic E-state index is -4.31. The minimum absolute atomic E-state index is 0.203. The first-order valence-corrected chi connectivity index (χ1v) is 6.88. The van der Waals surface area contributed by atoms with E-state index in [1.54, 1.807) is 6.08 Å². The van der Waals surface area contributed by atoms with Crippen molar-refractivity contribution < 1.29 is 18.0 Å². The van der Waals surface area contributed by atoms with Crippen LogP contribution in [0.1, 0.15) is 44.9 Å². The lowest BCUT2D eigenvalue weighted by atomic mass is 9.65. The van der Waals surface area contributed by atoms with Gasteiger partial charge in [-0.25, -0.2) is 0 Å². The Morgan fingerprint density at radius 1 is 1.32 bits per heavy atom. The highest BCUT2D eigenvalue weighted by Gasteiger charge is 2.58. The number of allylic oxidation sites excluding steroid dienone is 2. The number of rotatable bonds is 5. The summed E-state index contributed by atoms with van der Waals surface area (Å²) in [6.45, 7) is 0. The van der Waals surface area contributed by atoms with E-state index in [2.05, 4.69) is 0 Å². The van der Waals surface area contributed by atoms with Gasteiger partial charge in [0, 0.05) is 6.42 Å². The Morgan fingerprint density at radius 3 is 2.53 bits per heavy atom. The van der Waals surface area contributed by atoms with Crippen LogP contribution in [0.25, 0.3) is 0 Å². The van der Waals surface area contributed by atoms with Gasteiger partial charge in [0.15, 0.2) is 0 Å².